The first-order chi connectivity index (χ1) is 9.29. The first-order valence-electron chi connectivity index (χ1n) is 6.18. The molecule has 0 radical (unpaired) electrons. The third kappa shape index (κ3) is 2.09. The Bertz CT molecular complexity index is 663. The van der Waals surface area contributed by atoms with E-state index in [0.29, 0.717) is 16.7 Å². The predicted molar refractivity (Wildman–Crippen MR) is 75.0 cm³/mol. The molecular weight excluding hydrogens is 260 g/mol. The van der Waals surface area contributed by atoms with Gasteiger partial charge in [0.2, 0.25) is 0 Å². The maximum Gasteiger partial charge on any atom is 0.339 e. The van der Waals surface area contributed by atoms with Crippen molar-refractivity contribution >= 4 is 22.7 Å². The van der Waals surface area contributed by atoms with Crippen LogP contribution in [0.3, 0.4) is 0 Å². The monoisotopic (exact) mass is 278 g/mol. The molecule has 2 heterocycles. The van der Waals surface area contributed by atoms with Crippen molar-refractivity contribution in [2.24, 2.45) is 7.05 Å². The molecule has 0 spiro atoms. The van der Waals surface area contributed by atoms with Gasteiger partial charge in [0.1, 0.15) is 5.56 Å². The second kappa shape index (κ2) is 4.75. The number of pyridine rings is 1. The van der Waals surface area contributed by atoms with Crippen molar-refractivity contribution in [2.45, 2.75) is 19.4 Å². The molecule has 2 aromatic heterocycles. The molecule has 7 nitrogen and oxygen atoms in total. The summed E-state index contributed by atoms with van der Waals surface area (Å²) in [4.78, 5) is 17.3. The number of anilines is 1. The van der Waals surface area contributed by atoms with Crippen LogP contribution >= 0.6 is 0 Å². The molecule has 0 aromatic carbocycles. The molecule has 2 rings (SSSR count). The van der Waals surface area contributed by atoms with Crippen molar-refractivity contribution in [1.82, 2.24) is 14.8 Å². The van der Waals surface area contributed by atoms with Crippen LogP contribution in [0.25, 0.3) is 11.0 Å². The van der Waals surface area contributed by atoms with Crippen molar-refractivity contribution in [3.63, 3.8) is 0 Å². The molecule has 2 N–H and O–H groups in total. The Morgan fingerprint density at radius 1 is 1.45 bits per heavy atom. The van der Waals surface area contributed by atoms with E-state index in [1.54, 1.807) is 29.9 Å². The fourth-order valence-electron chi connectivity index (χ4n) is 2.01. The largest absolute Gasteiger partial charge is 0.478 e. The van der Waals surface area contributed by atoms with Crippen LogP contribution in [-0.4, -0.2) is 50.1 Å². The lowest BCUT2D eigenvalue weighted by atomic mass is 10.0. The van der Waals surface area contributed by atoms with E-state index in [0.717, 1.165) is 0 Å². The van der Waals surface area contributed by atoms with Gasteiger partial charge in [-0.15, -0.1) is 0 Å². The predicted octanol–water partition coefficient (Wildman–Crippen LogP) is 0.874. The van der Waals surface area contributed by atoms with E-state index in [9.17, 15) is 15.0 Å². The van der Waals surface area contributed by atoms with Gasteiger partial charge in [0.05, 0.1) is 29.4 Å². The summed E-state index contributed by atoms with van der Waals surface area (Å²) in [5.41, 5.74) is 0.601. The van der Waals surface area contributed by atoms with E-state index >= 15 is 0 Å². The van der Waals surface area contributed by atoms with Crippen LogP contribution in [0.15, 0.2) is 12.4 Å². The van der Waals surface area contributed by atoms with Crippen molar-refractivity contribution in [1.29, 1.82) is 0 Å². The maximum atomic E-state index is 11.4. The number of carboxylic acids is 1. The number of carbonyl (C=O) groups is 1. The SMILES string of the molecule is CN(c1c(C(=O)O)cnc2c1cnn2C)C(C)(C)CO. The Morgan fingerprint density at radius 2 is 2.10 bits per heavy atom. The molecule has 0 unspecified atom stereocenters. The van der Waals surface area contributed by atoms with E-state index in [4.69, 9.17) is 0 Å². The van der Waals surface area contributed by atoms with Gasteiger partial charge in [0.15, 0.2) is 5.65 Å². The number of fused-ring (bicyclic) bond motifs is 1. The molecule has 20 heavy (non-hydrogen) atoms. The molecular formula is C13H18N4O3. The summed E-state index contributed by atoms with van der Waals surface area (Å²) in [5, 5.41) is 23.6. The number of aliphatic hydroxyl groups excluding tert-OH is 1. The van der Waals surface area contributed by atoms with Gasteiger partial charge in [-0.2, -0.15) is 5.10 Å². The fourth-order valence-corrected chi connectivity index (χ4v) is 2.01. The minimum atomic E-state index is -1.06. The van der Waals surface area contributed by atoms with Gasteiger partial charge in [-0.3, -0.25) is 4.68 Å². The summed E-state index contributed by atoms with van der Waals surface area (Å²) >= 11 is 0. The third-order valence-corrected chi connectivity index (χ3v) is 3.59. The molecule has 108 valence electrons. The highest BCUT2D eigenvalue weighted by atomic mass is 16.4. The van der Waals surface area contributed by atoms with Crippen LogP contribution in [0.2, 0.25) is 0 Å². The Hall–Kier alpha value is -2.15. The Labute approximate surface area is 116 Å². The standard InChI is InChI=1S/C13H18N4O3/c1-13(2,7-18)16(3)10-8-6-15-17(4)11(8)14-5-9(10)12(19)20/h5-6,18H,7H2,1-4H3,(H,19,20). The number of aromatic carboxylic acids is 1. The van der Waals surface area contributed by atoms with Gasteiger partial charge in [-0.1, -0.05) is 0 Å². The summed E-state index contributed by atoms with van der Waals surface area (Å²) < 4.78 is 1.59. The van der Waals surface area contributed by atoms with E-state index in [-0.39, 0.29) is 12.2 Å². The zero-order valence-corrected chi connectivity index (χ0v) is 12.0. The lowest BCUT2D eigenvalue weighted by Crippen LogP contribution is -2.45. The van der Waals surface area contributed by atoms with Crippen LogP contribution < -0.4 is 4.90 Å². The maximum absolute atomic E-state index is 11.4. The van der Waals surface area contributed by atoms with Crippen LogP contribution in [0.1, 0.15) is 24.2 Å². The lowest BCUT2D eigenvalue weighted by Gasteiger charge is -2.36. The highest BCUT2D eigenvalue weighted by molar-refractivity contribution is 6.03. The average Bonchev–Trinajstić information content (AvgIpc) is 2.78. The second-order valence-electron chi connectivity index (χ2n) is 5.36. The number of aryl methyl sites for hydroxylation is 1. The third-order valence-electron chi connectivity index (χ3n) is 3.59. The quantitative estimate of drug-likeness (QED) is 0.862. The Kier molecular flexibility index (Phi) is 3.39. The molecule has 0 aliphatic carbocycles. The second-order valence-corrected chi connectivity index (χ2v) is 5.36. The first-order valence-corrected chi connectivity index (χ1v) is 6.18. The molecule has 0 aliphatic heterocycles. The van der Waals surface area contributed by atoms with E-state index in [2.05, 4.69) is 10.1 Å². The highest BCUT2D eigenvalue weighted by Crippen LogP contribution is 2.32. The molecule has 0 amide bonds. The van der Waals surface area contributed by atoms with Gasteiger partial charge >= 0.3 is 5.97 Å². The zero-order chi connectivity index (χ0) is 15.1. The number of aromatic nitrogens is 3. The van der Waals surface area contributed by atoms with Crippen molar-refractivity contribution < 1.29 is 15.0 Å². The van der Waals surface area contributed by atoms with E-state index in [1.807, 2.05) is 13.8 Å². The molecule has 0 saturated heterocycles. The lowest BCUT2D eigenvalue weighted by molar-refractivity contribution is 0.0697. The first kappa shape index (κ1) is 14.3. The minimum absolute atomic E-state index is 0.0922. The smallest absolute Gasteiger partial charge is 0.339 e. The van der Waals surface area contributed by atoms with Crippen LogP contribution in [0.4, 0.5) is 5.69 Å². The van der Waals surface area contributed by atoms with Gasteiger partial charge in [0.25, 0.3) is 0 Å². The molecule has 7 heteroatoms. The van der Waals surface area contributed by atoms with Crippen LogP contribution in [0.5, 0.6) is 0 Å². The summed E-state index contributed by atoms with van der Waals surface area (Å²) in [6.45, 7) is 3.56. The van der Waals surface area contributed by atoms with E-state index in [1.165, 1.54) is 6.20 Å². The Balaban J connectivity index is 2.76. The molecule has 0 saturated carbocycles. The minimum Gasteiger partial charge on any atom is -0.478 e. The molecule has 0 aliphatic rings. The van der Waals surface area contributed by atoms with Gasteiger partial charge in [0, 0.05) is 20.3 Å². The number of aliphatic hydroxyl groups is 1. The van der Waals surface area contributed by atoms with Gasteiger partial charge in [-0.25, -0.2) is 9.78 Å². The van der Waals surface area contributed by atoms with Crippen molar-refractivity contribution in [3.8, 4) is 0 Å². The summed E-state index contributed by atoms with van der Waals surface area (Å²) in [5.74, 6) is -1.06. The normalized spacial score (nSPS) is 11.8. The number of rotatable bonds is 4. The number of hydrogen-bond acceptors (Lipinski definition) is 5. The average molecular weight is 278 g/mol. The fraction of sp³-hybridized carbons (Fsp3) is 0.462. The Morgan fingerprint density at radius 3 is 2.65 bits per heavy atom. The molecule has 0 fully saturated rings. The number of hydrogen-bond donors (Lipinski definition) is 2. The molecule has 2 aromatic rings. The molecule has 0 bridgehead atoms. The van der Waals surface area contributed by atoms with Crippen molar-refractivity contribution in [3.05, 3.63) is 18.0 Å². The van der Waals surface area contributed by atoms with Gasteiger partial charge in [-0.05, 0) is 13.8 Å². The number of likely N-dealkylation sites (N-methyl/N-ethyl adjacent to an activating group) is 1. The summed E-state index contributed by atoms with van der Waals surface area (Å²) in [7, 11) is 3.50. The van der Waals surface area contributed by atoms with Gasteiger partial charge < -0.3 is 15.1 Å². The zero-order valence-electron chi connectivity index (χ0n) is 12.0. The summed E-state index contributed by atoms with van der Waals surface area (Å²) in [6.07, 6.45) is 2.92. The van der Waals surface area contributed by atoms with Crippen LogP contribution in [0, 0.1) is 0 Å². The molecule has 0 atom stereocenters. The summed E-state index contributed by atoms with van der Waals surface area (Å²) in [6, 6.07) is 0. The number of nitrogens with zero attached hydrogens (tertiary/aromatic N) is 4. The highest BCUT2D eigenvalue weighted by Gasteiger charge is 2.29. The topological polar surface area (TPSA) is 91.5 Å². The van der Waals surface area contributed by atoms with Crippen LogP contribution in [-0.2, 0) is 7.05 Å². The van der Waals surface area contributed by atoms with E-state index < -0.39 is 11.5 Å². The van der Waals surface area contributed by atoms with Crippen molar-refractivity contribution in [2.75, 3.05) is 18.6 Å². The number of carboxylic acid groups (broad SMARTS) is 1.